The number of rotatable bonds is 4. The molecule has 5 nitrogen and oxygen atoms in total. The van der Waals surface area contributed by atoms with Crippen LogP contribution < -0.4 is 9.77 Å². The maximum Gasteiger partial charge on any atom is 0.416 e. The molecule has 0 amide bonds. The van der Waals surface area contributed by atoms with Gasteiger partial charge in [0.2, 0.25) is 0 Å². The van der Waals surface area contributed by atoms with E-state index >= 15 is 0 Å². The van der Waals surface area contributed by atoms with E-state index in [1.54, 1.807) is 24.3 Å². The molecule has 0 saturated carbocycles. The van der Waals surface area contributed by atoms with E-state index in [2.05, 4.69) is 4.98 Å². The molecule has 1 fully saturated rings. The summed E-state index contributed by atoms with van der Waals surface area (Å²) in [4.78, 5) is 30.9. The Morgan fingerprint density at radius 2 is 1.81 bits per heavy atom. The highest BCUT2D eigenvalue weighted by molar-refractivity contribution is 7.16. The molecule has 10 heteroatoms. The number of H-pyrrole nitrogens is 1. The standard InChI is InChI=1S/C21H20F3N3O2S.ClH/c1-13(19(28)14-5-6-17-18(11-14)30-20(29)25-17)26-7-9-27(10-8-26)16-4-2-3-15(12-16)21(22,23)24;/h2-6,11-13H,7-10H2,1H3,(H,25,29);1H. The van der Waals surface area contributed by atoms with Crippen LogP contribution in [0.2, 0.25) is 0 Å². The minimum Gasteiger partial charge on any atom is -0.369 e. The summed E-state index contributed by atoms with van der Waals surface area (Å²) in [5.74, 6) is -0.0368. The molecule has 2 heterocycles. The summed E-state index contributed by atoms with van der Waals surface area (Å²) in [5, 5.41) is 0. The van der Waals surface area contributed by atoms with Crippen LogP contribution in [0.3, 0.4) is 0 Å². The van der Waals surface area contributed by atoms with Crippen LogP contribution in [0, 0.1) is 0 Å². The van der Waals surface area contributed by atoms with Gasteiger partial charge in [0.05, 0.1) is 21.8 Å². The van der Waals surface area contributed by atoms with E-state index in [-0.39, 0.29) is 29.1 Å². The number of fused-ring (bicyclic) bond motifs is 1. The van der Waals surface area contributed by atoms with Crippen molar-refractivity contribution in [3.63, 3.8) is 0 Å². The number of ketones is 1. The van der Waals surface area contributed by atoms with Gasteiger partial charge in [-0.3, -0.25) is 14.5 Å². The molecule has 4 rings (SSSR count). The van der Waals surface area contributed by atoms with Crippen LogP contribution in [0.1, 0.15) is 22.8 Å². The lowest BCUT2D eigenvalue weighted by Crippen LogP contribution is -2.51. The Morgan fingerprint density at radius 3 is 2.48 bits per heavy atom. The van der Waals surface area contributed by atoms with Crippen LogP contribution in [0.15, 0.2) is 47.3 Å². The van der Waals surface area contributed by atoms with Gasteiger partial charge >= 0.3 is 11.0 Å². The summed E-state index contributed by atoms with van der Waals surface area (Å²) in [6.45, 7) is 4.06. The van der Waals surface area contributed by atoms with E-state index in [4.69, 9.17) is 0 Å². The molecule has 1 atom stereocenters. The number of aromatic amines is 1. The maximum atomic E-state index is 13.0. The molecule has 3 aromatic rings. The highest BCUT2D eigenvalue weighted by Gasteiger charge is 2.31. The van der Waals surface area contributed by atoms with Crippen LogP contribution in [-0.4, -0.2) is 47.9 Å². The van der Waals surface area contributed by atoms with Crippen molar-refractivity contribution in [3.8, 4) is 0 Å². The Hall–Kier alpha value is -2.36. The highest BCUT2D eigenvalue weighted by atomic mass is 35.5. The van der Waals surface area contributed by atoms with Gasteiger partial charge in [0.15, 0.2) is 5.78 Å². The smallest absolute Gasteiger partial charge is 0.369 e. The summed E-state index contributed by atoms with van der Waals surface area (Å²) in [7, 11) is 0. The zero-order valence-corrected chi connectivity index (χ0v) is 18.2. The summed E-state index contributed by atoms with van der Waals surface area (Å²) >= 11 is 1.07. The lowest BCUT2D eigenvalue weighted by molar-refractivity contribution is -0.137. The monoisotopic (exact) mass is 471 g/mol. The molecule has 0 spiro atoms. The molecule has 1 unspecified atom stereocenters. The molecule has 0 bridgehead atoms. The number of hydrogen-bond acceptors (Lipinski definition) is 5. The third kappa shape index (κ3) is 4.94. The van der Waals surface area contributed by atoms with Crippen molar-refractivity contribution in [2.24, 2.45) is 0 Å². The predicted molar refractivity (Wildman–Crippen MR) is 119 cm³/mol. The van der Waals surface area contributed by atoms with Crippen LogP contribution in [0.5, 0.6) is 0 Å². The number of aromatic nitrogens is 1. The average molecular weight is 472 g/mol. The molecule has 0 radical (unpaired) electrons. The van der Waals surface area contributed by atoms with Gasteiger partial charge in [0.1, 0.15) is 0 Å². The Labute approximate surface area is 186 Å². The van der Waals surface area contributed by atoms with E-state index in [1.807, 2.05) is 16.7 Å². The van der Waals surface area contributed by atoms with Crippen molar-refractivity contribution >= 4 is 45.4 Å². The normalized spacial score (nSPS) is 16.2. The van der Waals surface area contributed by atoms with E-state index in [0.717, 1.165) is 22.1 Å². The molecular formula is C21H21ClF3N3O2S. The first-order chi connectivity index (χ1) is 14.2. The third-order valence-corrected chi connectivity index (χ3v) is 6.33. The minimum absolute atomic E-state index is 0. The van der Waals surface area contributed by atoms with Crippen molar-refractivity contribution in [2.75, 3.05) is 31.1 Å². The van der Waals surface area contributed by atoms with Crippen LogP contribution >= 0.6 is 23.7 Å². The first-order valence-electron chi connectivity index (χ1n) is 9.56. The number of benzene rings is 2. The fourth-order valence-corrected chi connectivity index (χ4v) is 4.53. The molecule has 31 heavy (non-hydrogen) atoms. The Kier molecular flexibility index (Phi) is 6.78. The number of hydrogen-bond donors (Lipinski definition) is 1. The zero-order valence-electron chi connectivity index (χ0n) is 16.6. The number of Topliss-reactive ketones (excluding diaryl/α,β-unsaturated/α-hetero) is 1. The molecule has 1 saturated heterocycles. The second-order valence-electron chi connectivity index (χ2n) is 7.34. The molecule has 1 aliphatic heterocycles. The Morgan fingerprint density at radius 1 is 1.10 bits per heavy atom. The van der Waals surface area contributed by atoms with Crippen molar-refractivity contribution in [3.05, 3.63) is 63.3 Å². The first-order valence-corrected chi connectivity index (χ1v) is 10.4. The summed E-state index contributed by atoms with van der Waals surface area (Å²) in [6.07, 6.45) is -4.37. The van der Waals surface area contributed by atoms with Crippen molar-refractivity contribution in [1.82, 2.24) is 9.88 Å². The van der Waals surface area contributed by atoms with Crippen molar-refractivity contribution in [2.45, 2.75) is 19.1 Å². The highest BCUT2D eigenvalue weighted by Crippen LogP contribution is 2.32. The number of anilines is 1. The molecule has 2 aromatic carbocycles. The number of nitrogens with one attached hydrogen (secondary N) is 1. The van der Waals surface area contributed by atoms with Gasteiger partial charge in [-0.15, -0.1) is 12.4 Å². The second-order valence-corrected chi connectivity index (χ2v) is 8.35. The molecule has 166 valence electrons. The van der Waals surface area contributed by atoms with Gasteiger partial charge in [-0.25, -0.2) is 0 Å². The largest absolute Gasteiger partial charge is 0.416 e. The summed E-state index contributed by atoms with van der Waals surface area (Å²) in [5.41, 5.74) is 1.14. The van der Waals surface area contributed by atoms with E-state index in [1.165, 1.54) is 12.1 Å². The number of alkyl halides is 3. The van der Waals surface area contributed by atoms with Crippen molar-refractivity contribution in [1.29, 1.82) is 0 Å². The molecule has 1 N–H and O–H groups in total. The SMILES string of the molecule is CC(C(=O)c1ccc2[nH]c(=O)sc2c1)N1CCN(c2cccc(C(F)(F)F)c2)CC1.Cl. The third-order valence-electron chi connectivity index (χ3n) is 5.49. The number of nitrogens with zero attached hydrogens (tertiary/aromatic N) is 2. The molecule has 0 aliphatic carbocycles. The van der Waals surface area contributed by atoms with Gasteiger partial charge < -0.3 is 9.88 Å². The van der Waals surface area contributed by atoms with E-state index < -0.39 is 11.7 Å². The molecular weight excluding hydrogens is 451 g/mol. The fraction of sp³-hybridized carbons (Fsp3) is 0.333. The van der Waals surface area contributed by atoms with Crippen molar-refractivity contribution < 1.29 is 18.0 Å². The zero-order chi connectivity index (χ0) is 21.5. The number of carbonyl (C=O) groups excluding carboxylic acids is 1. The van der Waals surface area contributed by atoms with Gasteiger partial charge in [0, 0.05) is 37.4 Å². The number of carbonyl (C=O) groups is 1. The van der Waals surface area contributed by atoms with E-state index in [9.17, 15) is 22.8 Å². The Bertz CT molecular complexity index is 1140. The topological polar surface area (TPSA) is 56.4 Å². The maximum absolute atomic E-state index is 13.0. The predicted octanol–water partition coefficient (Wildman–Crippen LogP) is 4.42. The molecule has 1 aromatic heterocycles. The van der Waals surface area contributed by atoms with Crippen LogP contribution in [-0.2, 0) is 6.18 Å². The van der Waals surface area contributed by atoms with Crippen LogP contribution in [0.25, 0.3) is 10.2 Å². The lowest BCUT2D eigenvalue weighted by Gasteiger charge is -2.38. The van der Waals surface area contributed by atoms with Gasteiger partial charge in [-0.1, -0.05) is 17.4 Å². The summed E-state index contributed by atoms with van der Waals surface area (Å²) in [6, 6.07) is 10.2. The van der Waals surface area contributed by atoms with Gasteiger partial charge in [0.25, 0.3) is 0 Å². The van der Waals surface area contributed by atoms with Crippen LogP contribution in [0.4, 0.5) is 18.9 Å². The number of halogens is 4. The number of piperazine rings is 1. The summed E-state index contributed by atoms with van der Waals surface area (Å²) < 4.78 is 39.7. The van der Waals surface area contributed by atoms with E-state index in [0.29, 0.717) is 42.9 Å². The Balaban J connectivity index is 0.00000272. The van der Waals surface area contributed by atoms with Gasteiger partial charge in [-0.05, 0) is 43.3 Å². The van der Waals surface area contributed by atoms with Gasteiger partial charge in [-0.2, -0.15) is 13.2 Å². The number of thiazole rings is 1. The molecule has 1 aliphatic rings. The first kappa shape index (κ1) is 23.3. The fourth-order valence-electron chi connectivity index (χ4n) is 3.75. The minimum atomic E-state index is -4.37. The quantitative estimate of drug-likeness (QED) is 0.572. The lowest BCUT2D eigenvalue weighted by atomic mass is 10.0. The second kappa shape index (κ2) is 9.02. The average Bonchev–Trinajstić information content (AvgIpc) is 3.11.